The third-order valence-electron chi connectivity index (χ3n) is 2.18. The molecule has 1 heteroatoms. The fourth-order valence-corrected chi connectivity index (χ4v) is 3.59. The van der Waals surface area contributed by atoms with E-state index in [1.54, 1.807) is 9.74 Å². The first-order valence-corrected chi connectivity index (χ1v) is 7.31. The Morgan fingerprint density at radius 2 is 2.13 bits per heavy atom. The Labute approximate surface area is 101 Å². The summed E-state index contributed by atoms with van der Waals surface area (Å²) >= 11 is 0.296. The average Bonchev–Trinajstić information content (AvgIpc) is 2.60. The van der Waals surface area contributed by atoms with Gasteiger partial charge >= 0.3 is 101 Å². The van der Waals surface area contributed by atoms with E-state index < -0.39 is 0 Å². The molecule has 15 heavy (non-hydrogen) atoms. The zero-order valence-corrected chi connectivity index (χ0v) is 11.8. The van der Waals surface area contributed by atoms with Gasteiger partial charge in [0.1, 0.15) is 0 Å². The molecule has 0 aromatic carbocycles. The van der Waals surface area contributed by atoms with E-state index in [2.05, 4.69) is 50.6 Å². The van der Waals surface area contributed by atoms with Crippen molar-refractivity contribution in [2.45, 2.75) is 40.5 Å². The van der Waals surface area contributed by atoms with Crippen LogP contribution in [0.5, 0.6) is 0 Å². The van der Waals surface area contributed by atoms with Gasteiger partial charge in [-0.2, -0.15) is 0 Å². The van der Waals surface area contributed by atoms with E-state index >= 15 is 0 Å². The number of hydrogen-bond donors (Lipinski definition) is 0. The summed E-state index contributed by atoms with van der Waals surface area (Å²) < 4.78 is 4.11. The molecule has 0 aromatic rings. The molecule has 0 radical (unpaired) electrons. The fourth-order valence-electron chi connectivity index (χ4n) is 1.56. The Hall–Kier alpha value is -0.417. The van der Waals surface area contributed by atoms with Crippen LogP contribution < -0.4 is 0 Å². The molecule has 0 saturated heterocycles. The van der Waals surface area contributed by atoms with Crippen LogP contribution in [0.15, 0.2) is 43.8 Å². The molecule has 0 unspecified atom stereocenters. The van der Waals surface area contributed by atoms with Crippen molar-refractivity contribution in [2.24, 2.45) is 0 Å². The minimum absolute atomic E-state index is 0.296. The van der Waals surface area contributed by atoms with Gasteiger partial charge in [0.15, 0.2) is 0 Å². The van der Waals surface area contributed by atoms with Gasteiger partial charge in [-0.05, 0) is 0 Å². The molecule has 0 nitrogen and oxygen atoms in total. The first kappa shape index (κ1) is 12.7. The molecule has 0 aromatic heterocycles. The van der Waals surface area contributed by atoms with Gasteiger partial charge in [-0.1, -0.05) is 0 Å². The quantitative estimate of drug-likeness (QED) is 0.525. The maximum absolute atomic E-state index is 2.43. The number of hydrogen-bond acceptors (Lipinski definition) is 0. The molecule has 1 rings (SSSR count). The van der Waals surface area contributed by atoms with Crippen molar-refractivity contribution >= 4 is 0 Å². The first-order chi connectivity index (χ1) is 7.13. The van der Waals surface area contributed by atoms with Crippen LogP contribution in [0.25, 0.3) is 0 Å². The summed E-state index contributed by atoms with van der Waals surface area (Å²) in [5, 5.41) is 0. The summed E-state index contributed by atoms with van der Waals surface area (Å²) in [5.74, 6) is 0. The molecular weight excluding hydrogens is 269 g/mol. The molecule has 1 aliphatic rings. The van der Waals surface area contributed by atoms with Crippen molar-refractivity contribution in [1.29, 1.82) is 0 Å². The summed E-state index contributed by atoms with van der Waals surface area (Å²) in [6.07, 6.45) is 9.25. The van der Waals surface area contributed by atoms with Crippen molar-refractivity contribution in [3.05, 3.63) is 43.8 Å². The molecule has 0 bridgehead atoms. The molecule has 84 valence electrons. The molecule has 0 saturated carbocycles. The molecule has 0 atom stereocenters. The summed E-state index contributed by atoms with van der Waals surface area (Å²) in [6.45, 7) is 8.76. The normalized spacial score (nSPS) is 16.4. The van der Waals surface area contributed by atoms with Crippen LogP contribution in [-0.4, -0.2) is 0 Å². The van der Waals surface area contributed by atoms with Crippen LogP contribution in [0, 0.1) is 0 Å². The molecule has 0 fully saturated rings. The molecule has 0 aliphatic heterocycles. The molecule has 0 spiro atoms. The Kier molecular flexibility index (Phi) is 5.25. The predicted molar refractivity (Wildman–Crippen MR) is 64.3 cm³/mol. The molecule has 1 aliphatic carbocycles. The summed E-state index contributed by atoms with van der Waals surface area (Å²) in [4.78, 5) is 0. The van der Waals surface area contributed by atoms with E-state index in [1.165, 1.54) is 24.0 Å². The predicted octanol–water partition coefficient (Wildman–Crippen LogP) is 4.56. The van der Waals surface area contributed by atoms with Gasteiger partial charge in [0, 0.05) is 0 Å². The van der Waals surface area contributed by atoms with Crippen LogP contribution in [0.4, 0.5) is 0 Å². The van der Waals surface area contributed by atoms with Crippen LogP contribution in [0.2, 0.25) is 0 Å². The second kappa shape index (κ2) is 6.23. The van der Waals surface area contributed by atoms with Crippen molar-refractivity contribution in [3.63, 3.8) is 0 Å². The maximum atomic E-state index is 2.43. The van der Waals surface area contributed by atoms with Gasteiger partial charge in [0.25, 0.3) is 0 Å². The van der Waals surface area contributed by atoms with Crippen LogP contribution in [0.1, 0.15) is 40.5 Å². The third kappa shape index (κ3) is 4.30. The van der Waals surface area contributed by atoms with E-state index in [0.29, 0.717) is 17.1 Å². The monoisotopic (exact) mass is 290 g/mol. The second-order valence-electron chi connectivity index (χ2n) is 4.05. The molecule has 0 heterocycles. The Balaban J connectivity index is 2.61. The van der Waals surface area contributed by atoms with E-state index in [9.17, 15) is 0 Å². The van der Waals surface area contributed by atoms with Gasteiger partial charge in [-0.15, -0.1) is 0 Å². The van der Waals surface area contributed by atoms with E-state index in [0.717, 1.165) is 0 Å². The SMILES string of the molecule is CCC1=[C]([Ru]/[CH]=C(/C)C=C(C)C)CC=C1. The van der Waals surface area contributed by atoms with Gasteiger partial charge in [0.2, 0.25) is 0 Å². The minimum atomic E-state index is 0.296. The Bertz CT molecular complexity index is 336. The van der Waals surface area contributed by atoms with Gasteiger partial charge < -0.3 is 0 Å². The van der Waals surface area contributed by atoms with Crippen molar-refractivity contribution in [2.75, 3.05) is 0 Å². The van der Waals surface area contributed by atoms with Crippen LogP contribution in [-0.2, 0) is 17.1 Å². The second-order valence-corrected chi connectivity index (χ2v) is 6.10. The van der Waals surface area contributed by atoms with Crippen molar-refractivity contribution in [1.82, 2.24) is 0 Å². The molecular formula is C14H20Ru. The van der Waals surface area contributed by atoms with Crippen molar-refractivity contribution < 1.29 is 17.1 Å². The van der Waals surface area contributed by atoms with E-state index in [-0.39, 0.29) is 0 Å². The number of allylic oxidation sites excluding steroid dienone is 7. The molecule has 0 amide bonds. The summed E-state index contributed by atoms with van der Waals surface area (Å²) in [6, 6.07) is 0. The van der Waals surface area contributed by atoms with Crippen LogP contribution >= 0.6 is 0 Å². The van der Waals surface area contributed by atoms with Gasteiger partial charge in [-0.25, -0.2) is 0 Å². The zero-order chi connectivity index (χ0) is 11.3. The van der Waals surface area contributed by atoms with Crippen LogP contribution in [0.3, 0.4) is 0 Å². The first-order valence-electron chi connectivity index (χ1n) is 5.44. The number of rotatable bonds is 4. The Morgan fingerprint density at radius 3 is 2.73 bits per heavy atom. The zero-order valence-electron chi connectivity index (χ0n) is 10.1. The Morgan fingerprint density at radius 1 is 1.40 bits per heavy atom. The topological polar surface area (TPSA) is 0 Å². The molecule has 0 N–H and O–H groups in total. The fraction of sp³-hybridized carbons (Fsp3) is 0.429. The van der Waals surface area contributed by atoms with E-state index in [1.807, 2.05) is 0 Å². The van der Waals surface area contributed by atoms with Gasteiger partial charge in [0.05, 0.1) is 0 Å². The summed E-state index contributed by atoms with van der Waals surface area (Å²) in [5.41, 5.74) is 4.39. The van der Waals surface area contributed by atoms with Crippen molar-refractivity contribution in [3.8, 4) is 0 Å². The summed E-state index contributed by atoms with van der Waals surface area (Å²) in [7, 11) is 0. The van der Waals surface area contributed by atoms with E-state index in [4.69, 9.17) is 0 Å². The third-order valence-corrected chi connectivity index (χ3v) is 4.75. The van der Waals surface area contributed by atoms with Gasteiger partial charge in [-0.3, -0.25) is 0 Å². The standard InChI is InChI=1S/C7H9.C7H11.Ru/c1-2-7-5-3-4-6-7;1-6(2)5-7(3)4;/h3,5H,2,4H2,1H3;1,5H,2-4H3;. The average molecular weight is 289 g/mol.